The third-order valence-electron chi connectivity index (χ3n) is 4.67. The summed E-state index contributed by atoms with van der Waals surface area (Å²) in [6.07, 6.45) is 2.43. The van der Waals surface area contributed by atoms with E-state index in [0.29, 0.717) is 11.4 Å². The van der Waals surface area contributed by atoms with Crippen molar-refractivity contribution < 1.29 is 14.0 Å². The molecular weight excluding hydrogens is 372 g/mol. The second kappa shape index (κ2) is 7.94. The Kier molecular flexibility index (Phi) is 5.21. The molecule has 1 N–H and O–H groups in total. The summed E-state index contributed by atoms with van der Waals surface area (Å²) < 4.78 is 5.14. The average molecular weight is 392 g/mol. The van der Waals surface area contributed by atoms with E-state index in [2.05, 4.69) is 24.4 Å². The van der Waals surface area contributed by atoms with Crippen molar-refractivity contribution in [3.05, 3.63) is 83.8 Å². The largest absolute Gasteiger partial charge is 0.459 e. The zero-order valence-corrected chi connectivity index (χ0v) is 16.2. The number of hydrogen-bond acceptors (Lipinski definition) is 4. The Hall–Kier alpha value is -2.99. The summed E-state index contributed by atoms with van der Waals surface area (Å²) in [5, 5.41) is 2.72. The Morgan fingerprint density at radius 3 is 2.71 bits per heavy atom. The van der Waals surface area contributed by atoms with Crippen molar-refractivity contribution >= 4 is 35.0 Å². The predicted molar refractivity (Wildman–Crippen MR) is 112 cm³/mol. The van der Waals surface area contributed by atoms with Crippen molar-refractivity contribution in [2.75, 3.05) is 16.0 Å². The third kappa shape index (κ3) is 3.68. The van der Waals surface area contributed by atoms with E-state index in [9.17, 15) is 9.59 Å². The number of hydrogen-bond donors (Lipinski definition) is 1. The van der Waals surface area contributed by atoms with E-state index in [1.54, 1.807) is 23.9 Å². The zero-order chi connectivity index (χ0) is 19.5. The molecule has 28 heavy (non-hydrogen) atoms. The molecule has 1 aliphatic heterocycles. The van der Waals surface area contributed by atoms with Gasteiger partial charge in [0.05, 0.1) is 12.0 Å². The van der Waals surface area contributed by atoms with E-state index in [-0.39, 0.29) is 22.9 Å². The molecule has 142 valence electrons. The molecule has 2 amide bonds. The predicted octanol–water partition coefficient (Wildman–Crippen LogP) is 4.87. The molecule has 2 heterocycles. The minimum absolute atomic E-state index is 0.0873. The summed E-state index contributed by atoms with van der Waals surface area (Å²) in [7, 11) is 0. The molecule has 6 heteroatoms. The summed E-state index contributed by atoms with van der Waals surface area (Å²) >= 11 is 1.59. The van der Waals surface area contributed by atoms with Crippen LogP contribution in [0.2, 0.25) is 0 Å². The van der Waals surface area contributed by atoms with Crippen LogP contribution < -0.4 is 10.2 Å². The topological polar surface area (TPSA) is 62.6 Å². The Morgan fingerprint density at radius 1 is 1.18 bits per heavy atom. The molecule has 5 nitrogen and oxygen atoms in total. The van der Waals surface area contributed by atoms with Gasteiger partial charge in [-0.15, -0.1) is 11.8 Å². The number of aryl methyl sites for hydroxylation is 1. The molecule has 1 unspecified atom stereocenters. The molecule has 4 rings (SSSR count). The van der Waals surface area contributed by atoms with Crippen LogP contribution >= 0.6 is 11.8 Å². The first-order chi connectivity index (χ1) is 13.7. The lowest BCUT2D eigenvalue weighted by Gasteiger charge is -2.25. The van der Waals surface area contributed by atoms with Gasteiger partial charge in [-0.3, -0.25) is 14.5 Å². The van der Waals surface area contributed by atoms with Gasteiger partial charge in [0.25, 0.3) is 5.91 Å². The van der Waals surface area contributed by atoms with Gasteiger partial charge in [-0.05, 0) is 53.9 Å². The number of amides is 2. The first kappa shape index (κ1) is 18.4. The summed E-state index contributed by atoms with van der Waals surface area (Å²) in [6, 6.07) is 19.0. The van der Waals surface area contributed by atoms with Crippen LogP contribution in [0.5, 0.6) is 0 Å². The average Bonchev–Trinajstić information content (AvgIpc) is 3.38. The van der Waals surface area contributed by atoms with E-state index in [0.717, 1.165) is 17.7 Å². The zero-order valence-electron chi connectivity index (χ0n) is 15.4. The van der Waals surface area contributed by atoms with Gasteiger partial charge in [0.15, 0.2) is 5.76 Å². The van der Waals surface area contributed by atoms with E-state index < -0.39 is 0 Å². The standard InChI is InChI=1S/C22H20N2O3S/c1-2-15-8-10-18(11-9-15)24-20(25)14-28-22(24)16-5-3-6-17(13-16)23-21(26)19-7-4-12-27-19/h3-13,22H,2,14H2,1H3,(H,23,26). The van der Waals surface area contributed by atoms with Gasteiger partial charge < -0.3 is 9.73 Å². The fraction of sp³-hybridized carbons (Fsp3) is 0.182. The monoisotopic (exact) mass is 392 g/mol. The van der Waals surface area contributed by atoms with Crippen LogP contribution in [-0.4, -0.2) is 17.6 Å². The summed E-state index contributed by atoms with van der Waals surface area (Å²) in [4.78, 5) is 26.6. The SMILES string of the molecule is CCc1ccc(N2C(=O)CSC2c2cccc(NC(=O)c3ccco3)c2)cc1. The number of carbonyl (C=O) groups excluding carboxylic acids is 2. The van der Waals surface area contributed by atoms with Crippen molar-refractivity contribution in [3.8, 4) is 0 Å². The molecule has 0 spiro atoms. The van der Waals surface area contributed by atoms with Gasteiger partial charge in [0.1, 0.15) is 5.37 Å². The summed E-state index contributed by atoms with van der Waals surface area (Å²) in [5.41, 5.74) is 3.76. The Morgan fingerprint density at radius 2 is 2.00 bits per heavy atom. The van der Waals surface area contributed by atoms with Crippen LogP contribution in [0.1, 0.15) is 34.0 Å². The molecule has 1 atom stereocenters. The van der Waals surface area contributed by atoms with Gasteiger partial charge in [0.2, 0.25) is 5.91 Å². The number of anilines is 2. The van der Waals surface area contributed by atoms with Gasteiger partial charge in [0, 0.05) is 11.4 Å². The van der Waals surface area contributed by atoms with Crippen LogP contribution in [0, 0.1) is 0 Å². The fourth-order valence-corrected chi connectivity index (χ4v) is 4.38. The van der Waals surface area contributed by atoms with Crippen LogP contribution in [0.25, 0.3) is 0 Å². The molecule has 3 aromatic rings. The number of carbonyl (C=O) groups is 2. The highest BCUT2D eigenvalue weighted by molar-refractivity contribution is 8.00. The molecule has 1 saturated heterocycles. The molecule has 0 bridgehead atoms. The maximum absolute atomic E-state index is 12.6. The van der Waals surface area contributed by atoms with Gasteiger partial charge in [-0.1, -0.05) is 31.2 Å². The normalized spacial score (nSPS) is 16.4. The van der Waals surface area contributed by atoms with Crippen LogP contribution in [0.15, 0.2) is 71.3 Å². The smallest absolute Gasteiger partial charge is 0.291 e. The number of nitrogens with one attached hydrogen (secondary N) is 1. The van der Waals surface area contributed by atoms with Crippen LogP contribution in [-0.2, 0) is 11.2 Å². The number of furan rings is 1. The first-order valence-electron chi connectivity index (χ1n) is 9.13. The van der Waals surface area contributed by atoms with Gasteiger partial charge in [-0.25, -0.2) is 0 Å². The number of thioether (sulfide) groups is 1. The Bertz CT molecular complexity index is 983. The number of benzene rings is 2. The maximum Gasteiger partial charge on any atom is 0.291 e. The number of nitrogens with zero attached hydrogens (tertiary/aromatic N) is 1. The van der Waals surface area contributed by atoms with E-state index in [4.69, 9.17) is 4.42 Å². The lowest BCUT2D eigenvalue weighted by Crippen LogP contribution is -2.27. The van der Waals surface area contributed by atoms with E-state index in [1.165, 1.54) is 11.8 Å². The Labute approximate surface area is 167 Å². The second-order valence-corrected chi connectivity index (χ2v) is 7.57. The van der Waals surface area contributed by atoms with Crippen LogP contribution in [0.3, 0.4) is 0 Å². The summed E-state index contributed by atoms with van der Waals surface area (Å²) in [6.45, 7) is 2.11. The molecule has 1 aromatic heterocycles. The fourth-order valence-electron chi connectivity index (χ4n) is 3.21. The van der Waals surface area contributed by atoms with Gasteiger partial charge >= 0.3 is 0 Å². The highest BCUT2D eigenvalue weighted by atomic mass is 32.2. The highest BCUT2D eigenvalue weighted by Crippen LogP contribution is 2.42. The molecule has 2 aromatic carbocycles. The first-order valence-corrected chi connectivity index (χ1v) is 10.2. The molecule has 0 aliphatic carbocycles. The quantitative estimate of drug-likeness (QED) is 0.673. The molecular formula is C22H20N2O3S. The van der Waals surface area contributed by atoms with Crippen molar-refractivity contribution in [2.45, 2.75) is 18.7 Å². The lowest BCUT2D eigenvalue weighted by atomic mass is 10.1. The van der Waals surface area contributed by atoms with Crippen LogP contribution in [0.4, 0.5) is 11.4 Å². The lowest BCUT2D eigenvalue weighted by molar-refractivity contribution is -0.115. The van der Waals surface area contributed by atoms with Crippen molar-refractivity contribution in [1.82, 2.24) is 0 Å². The second-order valence-electron chi connectivity index (χ2n) is 6.50. The number of rotatable bonds is 5. The molecule has 1 aliphatic rings. The minimum Gasteiger partial charge on any atom is -0.459 e. The molecule has 0 saturated carbocycles. The third-order valence-corrected chi connectivity index (χ3v) is 5.88. The molecule has 0 radical (unpaired) electrons. The Balaban J connectivity index is 1.58. The van der Waals surface area contributed by atoms with Gasteiger partial charge in [-0.2, -0.15) is 0 Å². The highest BCUT2D eigenvalue weighted by Gasteiger charge is 2.34. The van der Waals surface area contributed by atoms with Crippen molar-refractivity contribution in [2.24, 2.45) is 0 Å². The van der Waals surface area contributed by atoms with E-state index in [1.807, 2.05) is 41.3 Å². The molecule has 1 fully saturated rings. The minimum atomic E-state index is -0.302. The maximum atomic E-state index is 12.6. The van der Waals surface area contributed by atoms with E-state index >= 15 is 0 Å². The summed E-state index contributed by atoms with van der Waals surface area (Å²) in [5.74, 6) is 0.477. The van der Waals surface area contributed by atoms with Crippen molar-refractivity contribution in [1.29, 1.82) is 0 Å². The van der Waals surface area contributed by atoms with Crippen molar-refractivity contribution in [3.63, 3.8) is 0 Å².